The zero-order valence-electron chi connectivity index (χ0n) is 15.7. The van der Waals surface area contributed by atoms with Gasteiger partial charge in [-0.3, -0.25) is 9.48 Å². The van der Waals surface area contributed by atoms with Crippen LogP contribution in [0.3, 0.4) is 0 Å². The van der Waals surface area contributed by atoms with Crippen molar-refractivity contribution < 1.29 is 4.79 Å². The van der Waals surface area contributed by atoms with E-state index in [1.54, 1.807) is 0 Å². The van der Waals surface area contributed by atoms with Gasteiger partial charge in [-0.1, -0.05) is 24.3 Å². The highest BCUT2D eigenvalue weighted by Crippen LogP contribution is 2.32. The Morgan fingerprint density at radius 1 is 1.31 bits per heavy atom. The number of hydrogen-bond donors (Lipinski definition) is 1. The molecule has 0 spiro atoms. The first-order chi connectivity index (χ1) is 12.6. The van der Waals surface area contributed by atoms with Crippen LogP contribution in [0.2, 0.25) is 0 Å². The summed E-state index contributed by atoms with van der Waals surface area (Å²) in [6.07, 6.45) is 7.15. The standard InChI is InChI=1S/C21H28N4O/c1-15-6-3-4-7-16(15)10-18-8-5-9-25(18)21(26)20-13-22-12-19(20)17-11-23-24(2)14-17/h3-4,6-7,11,14,18-20,22H,5,8-10,12-13H2,1-2H3/t18?,19-,20+/m1/s1. The Bertz CT molecular complexity index is 784. The summed E-state index contributed by atoms with van der Waals surface area (Å²) in [5.41, 5.74) is 3.86. The van der Waals surface area contributed by atoms with Crippen LogP contribution in [0.5, 0.6) is 0 Å². The van der Waals surface area contributed by atoms with Crippen LogP contribution in [-0.4, -0.2) is 46.3 Å². The number of hydrogen-bond acceptors (Lipinski definition) is 3. The van der Waals surface area contributed by atoms with Gasteiger partial charge in [0.1, 0.15) is 0 Å². The fraction of sp³-hybridized carbons (Fsp3) is 0.524. The monoisotopic (exact) mass is 352 g/mol. The Morgan fingerprint density at radius 3 is 2.92 bits per heavy atom. The maximum absolute atomic E-state index is 13.4. The number of nitrogens with zero attached hydrogens (tertiary/aromatic N) is 3. The molecular formula is C21H28N4O. The smallest absolute Gasteiger partial charge is 0.227 e. The lowest BCUT2D eigenvalue weighted by Crippen LogP contribution is -2.42. The third-order valence-electron chi connectivity index (χ3n) is 6.06. The van der Waals surface area contributed by atoms with Crippen molar-refractivity contribution in [3.8, 4) is 0 Å². The van der Waals surface area contributed by atoms with Crippen LogP contribution in [0, 0.1) is 12.8 Å². The van der Waals surface area contributed by atoms with Crippen LogP contribution in [-0.2, 0) is 18.3 Å². The van der Waals surface area contributed by atoms with Gasteiger partial charge in [0.2, 0.25) is 5.91 Å². The summed E-state index contributed by atoms with van der Waals surface area (Å²) in [6, 6.07) is 8.88. The van der Waals surface area contributed by atoms with Crippen LogP contribution < -0.4 is 5.32 Å². The summed E-state index contributed by atoms with van der Waals surface area (Å²) < 4.78 is 1.83. The molecule has 5 heteroatoms. The molecule has 5 nitrogen and oxygen atoms in total. The molecule has 1 aromatic carbocycles. The highest BCUT2D eigenvalue weighted by Gasteiger charge is 2.40. The first-order valence-electron chi connectivity index (χ1n) is 9.67. The van der Waals surface area contributed by atoms with Crippen LogP contribution in [0.4, 0.5) is 0 Å². The largest absolute Gasteiger partial charge is 0.339 e. The van der Waals surface area contributed by atoms with E-state index in [9.17, 15) is 4.79 Å². The molecule has 26 heavy (non-hydrogen) atoms. The van der Waals surface area contributed by atoms with Crippen molar-refractivity contribution in [2.45, 2.75) is 38.1 Å². The number of carbonyl (C=O) groups excluding carboxylic acids is 1. The minimum Gasteiger partial charge on any atom is -0.339 e. The number of rotatable bonds is 4. The summed E-state index contributed by atoms with van der Waals surface area (Å²) in [7, 11) is 1.93. The molecule has 0 radical (unpaired) electrons. The summed E-state index contributed by atoms with van der Waals surface area (Å²) >= 11 is 0. The van der Waals surface area contributed by atoms with Gasteiger partial charge in [0.05, 0.1) is 12.1 Å². The van der Waals surface area contributed by atoms with E-state index in [0.29, 0.717) is 11.9 Å². The van der Waals surface area contributed by atoms with Gasteiger partial charge in [0.25, 0.3) is 0 Å². The van der Waals surface area contributed by atoms with Gasteiger partial charge in [-0.2, -0.15) is 5.10 Å². The Balaban J connectivity index is 1.50. The van der Waals surface area contributed by atoms with Crippen molar-refractivity contribution in [1.82, 2.24) is 20.0 Å². The van der Waals surface area contributed by atoms with E-state index in [0.717, 1.165) is 38.9 Å². The summed E-state index contributed by atoms with van der Waals surface area (Å²) in [6.45, 7) is 4.69. The third kappa shape index (κ3) is 3.28. The predicted molar refractivity (Wildman–Crippen MR) is 102 cm³/mol. The summed E-state index contributed by atoms with van der Waals surface area (Å²) in [5.74, 6) is 0.576. The predicted octanol–water partition coefficient (Wildman–Crippen LogP) is 2.27. The molecule has 2 saturated heterocycles. The van der Waals surface area contributed by atoms with Gasteiger partial charge < -0.3 is 10.2 Å². The average molecular weight is 352 g/mol. The number of aromatic nitrogens is 2. The number of benzene rings is 1. The molecule has 138 valence electrons. The minimum atomic E-state index is 0.0247. The molecule has 0 bridgehead atoms. The van der Waals surface area contributed by atoms with Crippen molar-refractivity contribution in [3.05, 3.63) is 53.3 Å². The SMILES string of the molecule is Cc1ccccc1CC1CCCN1C(=O)[C@H]1CNC[C@@H]1c1cnn(C)c1. The third-order valence-corrected chi connectivity index (χ3v) is 6.06. The molecule has 3 atom stereocenters. The van der Waals surface area contributed by atoms with Crippen molar-refractivity contribution in [3.63, 3.8) is 0 Å². The molecule has 2 aromatic rings. The quantitative estimate of drug-likeness (QED) is 0.918. The van der Waals surface area contributed by atoms with Crippen molar-refractivity contribution in [1.29, 1.82) is 0 Å². The molecule has 3 heterocycles. The lowest BCUT2D eigenvalue weighted by molar-refractivity contribution is -0.136. The molecule has 2 fully saturated rings. The van der Waals surface area contributed by atoms with E-state index in [2.05, 4.69) is 46.5 Å². The van der Waals surface area contributed by atoms with E-state index in [4.69, 9.17) is 0 Å². The number of aryl methyl sites for hydroxylation is 2. The fourth-order valence-corrected chi connectivity index (χ4v) is 4.56. The molecular weight excluding hydrogens is 324 g/mol. The Morgan fingerprint density at radius 2 is 2.15 bits per heavy atom. The van der Waals surface area contributed by atoms with Gasteiger partial charge in [-0.05, 0) is 42.9 Å². The Labute approximate surface area is 155 Å². The Hall–Kier alpha value is -2.14. The van der Waals surface area contributed by atoms with Crippen molar-refractivity contribution in [2.24, 2.45) is 13.0 Å². The summed E-state index contributed by atoms with van der Waals surface area (Å²) in [5, 5.41) is 7.72. The summed E-state index contributed by atoms with van der Waals surface area (Å²) in [4.78, 5) is 15.5. The van der Waals surface area contributed by atoms with E-state index in [-0.39, 0.29) is 11.8 Å². The number of nitrogens with one attached hydrogen (secondary N) is 1. The van der Waals surface area contributed by atoms with Crippen molar-refractivity contribution in [2.75, 3.05) is 19.6 Å². The second-order valence-corrected chi connectivity index (χ2v) is 7.78. The molecule has 4 rings (SSSR count). The van der Waals surface area contributed by atoms with E-state index >= 15 is 0 Å². The van der Waals surface area contributed by atoms with Crippen LogP contribution in [0.15, 0.2) is 36.7 Å². The zero-order valence-corrected chi connectivity index (χ0v) is 15.7. The molecule has 1 amide bonds. The van der Waals surface area contributed by atoms with E-state index in [1.165, 1.54) is 16.7 Å². The minimum absolute atomic E-state index is 0.0247. The first kappa shape index (κ1) is 17.3. The lowest BCUT2D eigenvalue weighted by atomic mass is 9.89. The van der Waals surface area contributed by atoms with Gasteiger partial charge >= 0.3 is 0 Å². The maximum atomic E-state index is 13.4. The second kappa shape index (κ2) is 7.23. The van der Waals surface area contributed by atoms with Gasteiger partial charge in [-0.25, -0.2) is 0 Å². The van der Waals surface area contributed by atoms with Gasteiger partial charge in [-0.15, -0.1) is 0 Å². The van der Waals surface area contributed by atoms with Crippen LogP contribution >= 0.6 is 0 Å². The molecule has 0 aliphatic carbocycles. The van der Waals surface area contributed by atoms with Crippen LogP contribution in [0.25, 0.3) is 0 Å². The number of likely N-dealkylation sites (tertiary alicyclic amines) is 1. The molecule has 1 unspecified atom stereocenters. The number of amides is 1. The highest BCUT2D eigenvalue weighted by molar-refractivity contribution is 5.81. The molecule has 2 aliphatic heterocycles. The van der Waals surface area contributed by atoms with E-state index < -0.39 is 0 Å². The molecule has 0 saturated carbocycles. The fourth-order valence-electron chi connectivity index (χ4n) is 4.56. The highest BCUT2D eigenvalue weighted by atomic mass is 16.2. The average Bonchev–Trinajstić information content (AvgIpc) is 3.36. The lowest BCUT2D eigenvalue weighted by Gasteiger charge is -2.29. The van der Waals surface area contributed by atoms with E-state index in [1.807, 2.05) is 24.1 Å². The maximum Gasteiger partial charge on any atom is 0.227 e. The van der Waals surface area contributed by atoms with Gasteiger partial charge in [0, 0.05) is 44.8 Å². The first-order valence-corrected chi connectivity index (χ1v) is 9.67. The molecule has 1 N–H and O–H groups in total. The normalized spacial score (nSPS) is 25.8. The van der Waals surface area contributed by atoms with Crippen molar-refractivity contribution >= 4 is 5.91 Å². The van der Waals surface area contributed by atoms with Crippen LogP contribution in [0.1, 0.15) is 35.4 Å². The molecule has 1 aromatic heterocycles. The zero-order chi connectivity index (χ0) is 18.1. The van der Waals surface area contributed by atoms with Gasteiger partial charge in [0.15, 0.2) is 0 Å². The number of carbonyl (C=O) groups is 1. The topological polar surface area (TPSA) is 50.2 Å². The Kier molecular flexibility index (Phi) is 4.81. The second-order valence-electron chi connectivity index (χ2n) is 7.78. The molecule has 2 aliphatic rings.